The summed E-state index contributed by atoms with van der Waals surface area (Å²) in [5.41, 5.74) is -2.62. The van der Waals surface area contributed by atoms with Gasteiger partial charge in [0.15, 0.2) is 0 Å². The summed E-state index contributed by atoms with van der Waals surface area (Å²) in [5, 5.41) is 19.9. The lowest BCUT2D eigenvalue weighted by molar-refractivity contribution is -0.297. The van der Waals surface area contributed by atoms with Crippen LogP contribution >= 0.6 is 0 Å². The topological polar surface area (TPSA) is 90.8 Å². The zero-order valence-electron chi connectivity index (χ0n) is 13.8. The van der Waals surface area contributed by atoms with Crippen molar-refractivity contribution in [1.29, 1.82) is 0 Å². The molecule has 0 aliphatic carbocycles. The summed E-state index contributed by atoms with van der Waals surface area (Å²) in [7, 11) is 1.51. The number of carbonyl (C=O) groups is 1. The highest BCUT2D eigenvalue weighted by molar-refractivity contribution is 5.97. The molecule has 0 saturated carbocycles. The summed E-state index contributed by atoms with van der Waals surface area (Å²) in [6.07, 6.45) is -5.86. The molecule has 0 fully saturated rings. The molecule has 1 amide bonds. The van der Waals surface area contributed by atoms with Gasteiger partial charge in [-0.2, -0.15) is 28.4 Å². The van der Waals surface area contributed by atoms with E-state index < -0.39 is 24.2 Å². The largest absolute Gasteiger partial charge is 0.497 e. The average molecular weight is 368 g/mol. The number of H-pyrrole nitrogens is 1. The Morgan fingerprint density at radius 3 is 2.58 bits per heavy atom. The van der Waals surface area contributed by atoms with Gasteiger partial charge in [0.25, 0.3) is 11.6 Å². The van der Waals surface area contributed by atoms with Gasteiger partial charge in [-0.15, -0.1) is 0 Å². The van der Waals surface area contributed by atoms with Crippen molar-refractivity contribution in [2.75, 3.05) is 7.11 Å². The summed E-state index contributed by atoms with van der Waals surface area (Å²) in [6.45, 7) is 1.31. The van der Waals surface area contributed by atoms with Crippen molar-refractivity contribution >= 4 is 11.6 Å². The molecule has 2 aromatic rings. The molecule has 26 heavy (non-hydrogen) atoms. The summed E-state index contributed by atoms with van der Waals surface area (Å²) < 4.78 is 44.7. The third-order valence-corrected chi connectivity index (χ3v) is 3.96. The van der Waals surface area contributed by atoms with Gasteiger partial charge in [0.05, 0.1) is 12.8 Å². The molecule has 1 aromatic heterocycles. The second-order valence-corrected chi connectivity index (χ2v) is 5.84. The Bertz CT molecular complexity index is 860. The van der Waals surface area contributed by atoms with Gasteiger partial charge in [-0.05, 0) is 37.3 Å². The third-order valence-electron chi connectivity index (χ3n) is 3.96. The predicted octanol–water partition coefficient (Wildman–Crippen LogP) is 2.56. The van der Waals surface area contributed by atoms with Gasteiger partial charge in [-0.3, -0.25) is 9.89 Å². The van der Waals surface area contributed by atoms with Crippen LogP contribution in [0, 0.1) is 0 Å². The third kappa shape index (κ3) is 2.92. The molecule has 1 aromatic carbocycles. The van der Waals surface area contributed by atoms with E-state index in [9.17, 15) is 23.1 Å². The maximum Gasteiger partial charge on any atom is 0.438 e. The van der Waals surface area contributed by atoms with Gasteiger partial charge in [0.2, 0.25) is 0 Å². The Morgan fingerprint density at radius 1 is 1.35 bits per heavy atom. The molecule has 1 aliphatic rings. The van der Waals surface area contributed by atoms with Crippen molar-refractivity contribution in [3.8, 4) is 17.0 Å². The minimum absolute atomic E-state index is 0.00642. The fourth-order valence-electron chi connectivity index (χ4n) is 2.61. The number of amides is 1. The van der Waals surface area contributed by atoms with Gasteiger partial charge in [-0.1, -0.05) is 0 Å². The Labute approximate surface area is 146 Å². The first kappa shape index (κ1) is 17.9. The normalized spacial score (nSPS) is 20.2. The number of aromatic amines is 1. The molecule has 10 heteroatoms. The monoisotopic (exact) mass is 368 g/mol. The number of hydrogen-bond donors (Lipinski definition) is 2. The highest BCUT2D eigenvalue weighted by Crippen LogP contribution is 2.40. The Balaban J connectivity index is 1.89. The zero-order valence-corrected chi connectivity index (χ0v) is 13.8. The van der Waals surface area contributed by atoms with E-state index in [1.54, 1.807) is 24.3 Å². The standard InChI is InChI=1S/C16H15F3N4O3/c1-9-8-15(25,16(17,18)19)23(22-9)14(24)13-7-12(20-21-13)10-3-5-11(26-2)6-4-10/h3-7,25H,8H2,1-2H3,(H,20,21)/t15-/m0/s1. The molecule has 0 radical (unpaired) electrons. The second-order valence-electron chi connectivity index (χ2n) is 5.84. The van der Waals surface area contributed by atoms with Crippen LogP contribution in [0.5, 0.6) is 5.75 Å². The minimum Gasteiger partial charge on any atom is -0.497 e. The Kier molecular flexibility index (Phi) is 4.23. The van der Waals surface area contributed by atoms with E-state index in [4.69, 9.17) is 4.74 Å². The van der Waals surface area contributed by atoms with E-state index in [1.807, 2.05) is 0 Å². The SMILES string of the molecule is COc1ccc(-c2cc(C(=O)N3N=C(C)C[C@]3(O)C(F)(F)F)[nH]n2)cc1. The molecule has 7 nitrogen and oxygen atoms in total. The maximum absolute atomic E-state index is 13.2. The number of hydrazone groups is 1. The number of hydrogen-bond acceptors (Lipinski definition) is 5. The van der Waals surface area contributed by atoms with Crippen molar-refractivity contribution in [2.45, 2.75) is 25.2 Å². The van der Waals surface area contributed by atoms with Crippen LogP contribution in [0.3, 0.4) is 0 Å². The Morgan fingerprint density at radius 2 is 2.00 bits per heavy atom. The van der Waals surface area contributed by atoms with Crippen LogP contribution in [0.25, 0.3) is 11.3 Å². The van der Waals surface area contributed by atoms with E-state index in [1.165, 1.54) is 20.1 Å². The zero-order chi connectivity index (χ0) is 19.1. The van der Waals surface area contributed by atoms with Crippen LogP contribution in [-0.4, -0.2) is 50.9 Å². The molecule has 138 valence electrons. The quantitative estimate of drug-likeness (QED) is 0.871. The number of benzene rings is 1. The van der Waals surface area contributed by atoms with Gasteiger partial charge in [-0.25, -0.2) is 0 Å². The maximum atomic E-state index is 13.2. The lowest BCUT2D eigenvalue weighted by Gasteiger charge is -2.32. The van der Waals surface area contributed by atoms with Crippen molar-refractivity contribution in [3.05, 3.63) is 36.0 Å². The number of nitrogens with zero attached hydrogens (tertiary/aromatic N) is 3. The smallest absolute Gasteiger partial charge is 0.438 e. The Hall–Kier alpha value is -2.88. The number of alkyl halides is 3. The molecule has 0 bridgehead atoms. The van der Waals surface area contributed by atoms with E-state index in [0.29, 0.717) is 17.0 Å². The molecule has 2 N–H and O–H groups in total. The van der Waals surface area contributed by atoms with E-state index in [-0.39, 0.29) is 16.4 Å². The minimum atomic E-state index is -5.05. The van der Waals surface area contributed by atoms with Crippen LogP contribution in [0.4, 0.5) is 13.2 Å². The molecule has 2 heterocycles. The molecule has 0 spiro atoms. The van der Waals surface area contributed by atoms with Gasteiger partial charge in [0, 0.05) is 17.7 Å². The van der Waals surface area contributed by atoms with Crippen molar-refractivity contribution in [2.24, 2.45) is 5.10 Å². The molecular formula is C16H15F3N4O3. The number of halogens is 3. The van der Waals surface area contributed by atoms with Gasteiger partial charge >= 0.3 is 6.18 Å². The van der Waals surface area contributed by atoms with Gasteiger partial charge < -0.3 is 9.84 Å². The number of methoxy groups -OCH3 is 1. The van der Waals surface area contributed by atoms with E-state index >= 15 is 0 Å². The first-order chi connectivity index (χ1) is 12.2. The van der Waals surface area contributed by atoms with Crippen LogP contribution < -0.4 is 4.74 Å². The van der Waals surface area contributed by atoms with E-state index in [2.05, 4.69) is 15.3 Å². The fourth-order valence-corrected chi connectivity index (χ4v) is 2.61. The van der Waals surface area contributed by atoms with Crippen LogP contribution in [0.1, 0.15) is 23.8 Å². The first-order valence-corrected chi connectivity index (χ1v) is 7.53. The lowest BCUT2D eigenvalue weighted by atomic mass is 10.1. The number of nitrogens with one attached hydrogen (secondary N) is 1. The number of aliphatic hydroxyl groups is 1. The number of carbonyl (C=O) groups excluding carboxylic acids is 1. The lowest BCUT2D eigenvalue weighted by Crippen LogP contribution is -2.56. The van der Waals surface area contributed by atoms with Crippen LogP contribution in [0.15, 0.2) is 35.4 Å². The summed E-state index contributed by atoms with van der Waals surface area (Å²) in [6, 6.07) is 8.04. The highest BCUT2D eigenvalue weighted by atomic mass is 19.4. The number of rotatable bonds is 3. The van der Waals surface area contributed by atoms with Crippen molar-refractivity contribution in [3.63, 3.8) is 0 Å². The molecule has 0 unspecified atom stereocenters. The predicted molar refractivity (Wildman–Crippen MR) is 85.5 cm³/mol. The highest BCUT2D eigenvalue weighted by Gasteiger charge is 2.62. The number of ether oxygens (including phenoxy) is 1. The average Bonchev–Trinajstić information content (AvgIpc) is 3.19. The first-order valence-electron chi connectivity index (χ1n) is 7.53. The van der Waals surface area contributed by atoms with Crippen LogP contribution in [-0.2, 0) is 0 Å². The molecule has 1 aliphatic heterocycles. The summed E-state index contributed by atoms with van der Waals surface area (Å²) in [4.78, 5) is 12.5. The summed E-state index contributed by atoms with van der Waals surface area (Å²) >= 11 is 0. The summed E-state index contributed by atoms with van der Waals surface area (Å²) in [5.74, 6) is -0.508. The van der Waals surface area contributed by atoms with E-state index in [0.717, 1.165) is 0 Å². The fraction of sp³-hybridized carbons (Fsp3) is 0.312. The molecular weight excluding hydrogens is 353 g/mol. The molecule has 0 saturated heterocycles. The van der Waals surface area contributed by atoms with Crippen LogP contribution in [0.2, 0.25) is 0 Å². The number of aromatic nitrogens is 2. The second kappa shape index (κ2) is 6.13. The van der Waals surface area contributed by atoms with Crippen molar-refractivity contribution < 1.29 is 27.8 Å². The van der Waals surface area contributed by atoms with Gasteiger partial charge in [0.1, 0.15) is 11.4 Å². The molecule has 3 rings (SSSR count). The molecule has 1 atom stereocenters. The van der Waals surface area contributed by atoms with Crippen molar-refractivity contribution in [1.82, 2.24) is 15.2 Å².